The lowest BCUT2D eigenvalue weighted by Gasteiger charge is -2.34. The number of ether oxygens (including phenoxy) is 1. The van der Waals surface area contributed by atoms with Crippen molar-refractivity contribution in [1.29, 1.82) is 0 Å². The topological polar surface area (TPSA) is 37.6 Å². The van der Waals surface area contributed by atoms with Gasteiger partial charge in [0, 0.05) is 26.2 Å². The number of benzene rings is 1. The van der Waals surface area contributed by atoms with Gasteiger partial charge in [0.15, 0.2) is 0 Å². The highest BCUT2D eigenvalue weighted by atomic mass is 35.5. The Morgan fingerprint density at radius 3 is 2.48 bits per heavy atom. The highest BCUT2D eigenvalue weighted by molar-refractivity contribution is 6.32. The molecule has 1 saturated heterocycles. The summed E-state index contributed by atoms with van der Waals surface area (Å²) in [5.74, 6) is 0.309. The van der Waals surface area contributed by atoms with E-state index in [0.29, 0.717) is 0 Å². The van der Waals surface area contributed by atoms with E-state index < -0.39 is 12.1 Å². The standard InChI is InChI=1S/C16H16ClF3N2O2.ClH/c17-12-10-11(3-4-13(12)24-16(18,19)20)15(14-2-1-9-23-14)22-7-5-21-6-8-22;/h1-4,9-10,15,21H,5-8H2;1H/t15-;/m1./s1. The number of nitrogens with zero attached hydrogens (tertiary/aromatic N) is 1. The minimum Gasteiger partial charge on any atom is -0.467 e. The van der Waals surface area contributed by atoms with Crippen LogP contribution in [0.2, 0.25) is 5.02 Å². The van der Waals surface area contributed by atoms with Gasteiger partial charge in [-0.2, -0.15) is 0 Å². The molecule has 1 aromatic heterocycles. The average molecular weight is 397 g/mol. The first-order valence-electron chi connectivity index (χ1n) is 7.47. The molecule has 0 saturated carbocycles. The maximum atomic E-state index is 12.4. The van der Waals surface area contributed by atoms with Gasteiger partial charge in [0.2, 0.25) is 0 Å². The van der Waals surface area contributed by atoms with Gasteiger partial charge in [-0.05, 0) is 29.8 Å². The number of nitrogens with one attached hydrogen (secondary N) is 1. The molecule has 4 nitrogen and oxygen atoms in total. The molecule has 1 aliphatic rings. The van der Waals surface area contributed by atoms with Crippen LogP contribution in [0.15, 0.2) is 41.0 Å². The van der Waals surface area contributed by atoms with Crippen molar-refractivity contribution < 1.29 is 22.3 Å². The quantitative estimate of drug-likeness (QED) is 0.838. The summed E-state index contributed by atoms with van der Waals surface area (Å²) >= 11 is 5.99. The summed E-state index contributed by atoms with van der Waals surface area (Å²) in [7, 11) is 0. The molecule has 0 bridgehead atoms. The van der Waals surface area contributed by atoms with Crippen LogP contribution < -0.4 is 10.1 Å². The highest BCUT2D eigenvalue weighted by Crippen LogP contribution is 2.36. The van der Waals surface area contributed by atoms with Gasteiger partial charge in [-0.25, -0.2) is 0 Å². The summed E-state index contributed by atoms with van der Waals surface area (Å²) in [5.41, 5.74) is 0.756. The number of hydrogen-bond acceptors (Lipinski definition) is 4. The van der Waals surface area contributed by atoms with Crippen LogP contribution in [0.25, 0.3) is 0 Å². The molecule has 0 aliphatic carbocycles. The molecule has 1 aliphatic heterocycles. The smallest absolute Gasteiger partial charge is 0.467 e. The van der Waals surface area contributed by atoms with Crippen LogP contribution >= 0.6 is 24.0 Å². The van der Waals surface area contributed by atoms with E-state index in [-0.39, 0.29) is 23.5 Å². The fourth-order valence-electron chi connectivity index (χ4n) is 2.84. The second kappa shape index (κ2) is 8.31. The summed E-state index contributed by atoms with van der Waals surface area (Å²) in [6, 6.07) is 7.75. The van der Waals surface area contributed by atoms with Crippen molar-refractivity contribution in [2.75, 3.05) is 26.2 Å². The Morgan fingerprint density at radius 1 is 1.20 bits per heavy atom. The van der Waals surface area contributed by atoms with Gasteiger partial charge in [-0.15, -0.1) is 25.6 Å². The Hall–Kier alpha value is -1.41. The van der Waals surface area contributed by atoms with Crippen molar-refractivity contribution in [3.63, 3.8) is 0 Å². The third kappa shape index (κ3) is 5.04. The number of furan rings is 1. The number of hydrogen-bond donors (Lipinski definition) is 1. The van der Waals surface area contributed by atoms with E-state index in [1.165, 1.54) is 12.1 Å². The number of alkyl halides is 3. The molecule has 2 aromatic rings. The minimum absolute atomic E-state index is 0. The molecule has 1 fully saturated rings. The maximum absolute atomic E-state index is 12.4. The predicted octanol–water partition coefficient (Wildman–Crippen LogP) is 4.25. The van der Waals surface area contributed by atoms with E-state index in [1.807, 2.05) is 6.07 Å². The predicted molar refractivity (Wildman–Crippen MR) is 90.4 cm³/mol. The van der Waals surface area contributed by atoms with Gasteiger partial charge in [0.05, 0.1) is 17.3 Å². The summed E-state index contributed by atoms with van der Waals surface area (Å²) in [6.45, 7) is 3.26. The molecule has 0 unspecified atom stereocenters. The molecular weight excluding hydrogens is 380 g/mol. The molecular formula is C16H17Cl2F3N2O2. The lowest BCUT2D eigenvalue weighted by atomic mass is 10.0. The van der Waals surface area contributed by atoms with Gasteiger partial charge in [0.1, 0.15) is 11.5 Å². The SMILES string of the molecule is Cl.FC(F)(F)Oc1ccc([C@H](c2ccco2)N2CCNCC2)cc1Cl. The largest absolute Gasteiger partial charge is 0.573 e. The van der Waals surface area contributed by atoms with E-state index in [1.54, 1.807) is 18.4 Å². The zero-order valence-electron chi connectivity index (χ0n) is 13.1. The van der Waals surface area contributed by atoms with Crippen molar-refractivity contribution in [3.05, 3.63) is 52.9 Å². The first-order chi connectivity index (χ1) is 11.4. The second-order valence-corrected chi connectivity index (χ2v) is 5.85. The zero-order chi connectivity index (χ0) is 17.2. The molecule has 1 aromatic carbocycles. The van der Waals surface area contributed by atoms with Crippen LogP contribution in [0, 0.1) is 0 Å². The Kier molecular flexibility index (Phi) is 6.62. The molecule has 9 heteroatoms. The molecule has 25 heavy (non-hydrogen) atoms. The van der Waals surface area contributed by atoms with E-state index >= 15 is 0 Å². The summed E-state index contributed by atoms with van der Waals surface area (Å²) < 4.78 is 46.6. The van der Waals surface area contributed by atoms with Crippen LogP contribution in [0.5, 0.6) is 5.75 Å². The van der Waals surface area contributed by atoms with Crippen molar-refractivity contribution in [1.82, 2.24) is 10.2 Å². The Bertz CT molecular complexity index is 675. The van der Waals surface area contributed by atoms with E-state index in [9.17, 15) is 13.2 Å². The Morgan fingerprint density at radius 2 is 1.92 bits per heavy atom. The van der Waals surface area contributed by atoms with Crippen LogP contribution in [-0.2, 0) is 0 Å². The van der Waals surface area contributed by atoms with Crippen molar-refractivity contribution in [3.8, 4) is 5.75 Å². The van der Waals surface area contributed by atoms with Gasteiger partial charge in [0.25, 0.3) is 0 Å². The number of piperazine rings is 1. The fourth-order valence-corrected chi connectivity index (χ4v) is 3.06. The third-order valence-electron chi connectivity index (χ3n) is 3.83. The van der Waals surface area contributed by atoms with E-state index in [2.05, 4.69) is 15.0 Å². The lowest BCUT2D eigenvalue weighted by Crippen LogP contribution is -2.45. The zero-order valence-corrected chi connectivity index (χ0v) is 14.6. The average Bonchev–Trinajstić information content (AvgIpc) is 3.04. The summed E-state index contributed by atoms with van der Waals surface area (Å²) in [6.07, 6.45) is -3.20. The summed E-state index contributed by atoms with van der Waals surface area (Å²) in [4.78, 5) is 2.20. The Balaban J connectivity index is 0.00000225. The van der Waals surface area contributed by atoms with Crippen LogP contribution in [-0.4, -0.2) is 37.4 Å². The molecule has 1 N–H and O–H groups in total. The second-order valence-electron chi connectivity index (χ2n) is 5.44. The monoisotopic (exact) mass is 396 g/mol. The minimum atomic E-state index is -4.77. The van der Waals surface area contributed by atoms with Crippen molar-refractivity contribution >= 4 is 24.0 Å². The highest BCUT2D eigenvalue weighted by Gasteiger charge is 2.33. The summed E-state index contributed by atoms with van der Waals surface area (Å²) in [5, 5.41) is 3.18. The first-order valence-corrected chi connectivity index (χ1v) is 7.85. The lowest BCUT2D eigenvalue weighted by molar-refractivity contribution is -0.274. The molecule has 0 amide bonds. The number of halogens is 5. The fraction of sp³-hybridized carbons (Fsp3) is 0.375. The van der Waals surface area contributed by atoms with Crippen LogP contribution in [0.1, 0.15) is 17.4 Å². The Labute approximate surface area is 154 Å². The number of rotatable bonds is 4. The van der Waals surface area contributed by atoms with Gasteiger partial charge in [-0.3, -0.25) is 4.90 Å². The van der Waals surface area contributed by atoms with Gasteiger partial charge < -0.3 is 14.5 Å². The molecule has 138 valence electrons. The normalized spacial score (nSPS) is 17.0. The maximum Gasteiger partial charge on any atom is 0.573 e. The van der Waals surface area contributed by atoms with Crippen molar-refractivity contribution in [2.24, 2.45) is 0 Å². The third-order valence-corrected chi connectivity index (χ3v) is 4.12. The molecule has 1 atom stereocenters. The molecule has 2 heterocycles. The first kappa shape index (κ1) is 19.9. The van der Waals surface area contributed by atoms with Crippen molar-refractivity contribution in [2.45, 2.75) is 12.4 Å². The van der Waals surface area contributed by atoms with Crippen LogP contribution in [0.3, 0.4) is 0 Å². The molecule has 0 spiro atoms. The van der Waals surface area contributed by atoms with Gasteiger partial charge >= 0.3 is 6.36 Å². The molecule has 0 radical (unpaired) electrons. The van der Waals surface area contributed by atoms with E-state index in [0.717, 1.165) is 37.5 Å². The van der Waals surface area contributed by atoms with Gasteiger partial charge in [-0.1, -0.05) is 17.7 Å². The van der Waals surface area contributed by atoms with E-state index in [4.69, 9.17) is 16.0 Å². The molecule has 3 rings (SSSR count). The van der Waals surface area contributed by atoms with Crippen LogP contribution in [0.4, 0.5) is 13.2 Å².